The quantitative estimate of drug-likeness (QED) is 0.404. The highest BCUT2D eigenvalue weighted by Gasteiger charge is 2.05. The number of non-ortho nitro benzene ring substituents is 1. The molecule has 0 fully saturated rings. The summed E-state index contributed by atoms with van der Waals surface area (Å²) in [5, 5.41) is 10.1. The summed E-state index contributed by atoms with van der Waals surface area (Å²) in [5.41, 5.74) is 0.985. The Balaban J connectivity index is 2.93. The number of hydrogen-bond donors (Lipinski definition) is 0. The van der Waals surface area contributed by atoms with Crippen molar-refractivity contribution < 1.29 is 4.92 Å². The monoisotopic (exact) mass is 185 g/mol. The molecule has 0 saturated heterocycles. The third kappa shape index (κ3) is 1.95. The lowest BCUT2D eigenvalue weighted by atomic mass is 10.1. The molecule has 1 atom stereocenters. The predicted octanol–water partition coefficient (Wildman–Crippen LogP) is 2.89. The molecule has 0 bridgehead atoms. The maximum Gasteiger partial charge on any atom is 0.269 e. The van der Waals surface area contributed by atoms with Crippen LogP contribution in [0.2, 0.25) is 0 Å². The number of halogens is 1. The van der Waals surface area contributed by atoms with E-state index in [1.54, 1.807) is 12.1 Å². The van der Waals surface area contributed by atoms with Crippen molar-refractivity contribution in [3.63, 3.8) is 0 Å². The van der Waals surface area contributed by atoms with Crippen LogP contribution < -0.4 is 0 Å². The SMILES string of the molecule is C[C@H](Cl)c1ccc([N+](=O)[O-])cc1. The standard InChI is InChI=1S/C8H8ClNO2/c1-6(9)7-2-4-8(5-3-7)10(11)12/h2-6H,1H3/t6-/m0/s1. The van der Waals surface area contributed by atoms with Gasteiger partial charge in [0.25, 0.3) is 5.69 Å². The van der Waals surface area contributed by atoms with Gasteiger partial charge in [0.15, 0.2) is 0 Å². The lowest BCUT2D eigenvalue weighted by Crippen LogP contribution is -1.89. The topological polar surface area (TPSA) is 43.1 Å². The first kappa shape index (κ1) is 9.00. The van der Waals surface area contributed by atoms with E-state index in [0.717, 1.165) is 5.56 Å². The Morgan fingerprint density at radius 3 is 2.25 bits per heavy atom. The smallest absolute Gasteiger partial charge is 0.258 e. The van der Waals surface area contributed by atoms with Crippen LogP contribution in [0.3, 0.4) is 0 Å². The Morgan fingerprint density at radius 2 is 1.92 bits per heavy atom. The minimum Gasteiger partial charge on any atom is -0.258 e. The number of nitro groups is 1. The third-order valence-electron chi connectivity index (χ3n) is 1.56. The summed E-state index contributed by atoms with van der Waals surface area (Å²) in [7, 11) is 0. The van der Waals surface area contributed by atoms with Gasteiger partial charge < -0.3 is 0 Å². The molecule has 4 heteroatoms. The molecule has 1 aromatic rings. The summed E-state index contributed by atoms with van der Waals surface area (Å²) in [6, 6.07) is 6.23. The Labute approximate surface area is 75.1 Å². The minimum absolute atomic E-state index is 0.0936. The molecule has 3 nitrogen and oxygen atoms in total. The summed E-state index contributed by atoms with van der Waals surface area (Å²) >= 11 is 5.77. The van der Waals surface area contributed by atoms with Crippen molar-refractivity contribution in [3.05, 3.63) is 39.9 Å². The van der Waals surface area contributed by atoms with E-state index in [4.69, 9.17) is 11.6 Å². The molecule has 0 amide bonds. The number of rotatable bonds is 2. The first-order valence-corrected chi connectivity index (χ1v) is 3.93. The van der Waals surface area contributed by atoms with Crippen LogP contribution in [0.4, 0.5) is 5.69 Å². The molecule has 0 saturated carbocycles. The highest BCUT2D eigenvalue weighted by Crippen LogP contribution is 2.21. The van der Waals surface area contributed by atoms with Gasteiger partial charge in [-0.2, -0.15) is 0 Å². The Kier molecular flexibility index (Phi) is 2.65. The molecule has 0 aliphatic heterocycles. The normalized spacial score (nSPS) is 12.5. The molecule has 0 unspecified atom stereocenters. The van der Waals surface area contributed by atoms with E-state index < -0.39 is 4.92 Å². The summed E-state index contributed by atoms with van der Waals surface area (Å²) in [6.45, 7) is 1.82. The molecule has 12 heavy (non-hydrogen) atoms. The molecule has 1 rings (SSSR count). The highest BCUT2D eigenvalue weighted by atomic mass is 35.5. The van der Waals surface area contributed by atoms with Crippen LogP contribution in [0, 0.1) is 10.1 Å². The van der Waals surface area contributed by atoms with E-state index in [-0.39, 0.29) is 11.1 Å². The van der Waals surface area contributed by atoms with Gasteiger partial charge >= 0.3 is 0 Å². The molecule has 0 aliphatic carbocycles. The molecular weight excluding hydrogens is 178 g/mol. The van der Waals surface area contributed by atoms with E-state index in [1.165, 1.54) is 12.1 Å². The lowest BCUT2D eigenvalue weighted by molar-refractivity contribution is -0.384. The van der Waals surface area contributed by atoms with Crippen LogP contribution in [-0.4, -0.2) is 4.92 Å². The van der Waals surface area contributed by atoms with E-state index in [9.17, 15) is 10.1 Å². The Morgan fingerprint density at radius 1 is 1.42 bits per heavy atom. The minimum atomic E-state index is -0.428. The van der Waals surface area contributed by atoms with Crippen LogP contribution in [0.15, 0.2) is 24.3 Å². The number of nitro benzene ring substituents is 1. The van der Waals surface area contributed by atoms with Gasteiger partial charge in [0.2, 0.25) is 0 Å². The van der Waals surface area contributed by atoms with E-state index in [1.807, 2.05) is 6.92 Å². The summed E-state index contributed by atoms with van der Waals surface area (Å²) in [4.78, 5) is 9.83. The predicted molar refractivity (Wildman–Crippen MR) is 47.4 cm³/mol. The number of hydrogen-bond acceptors (Lipinski definition) is 2. The van der Waals surface area contributed by atoms with E-state index >= 15 is 0 Å². The number of benzene rings is 1. The maximum atomic E-state index is 10.3. The fraction of sp³-hybridized carbons (Fsp3) is 0.250. The fourth-order valence-corrected chi connectivity index (χ4v) is 1.01. The Bertz CT molecular complexity index is 282. The molecule has 0 N–H and O–H groups in total. The van der Waals surface area contributed by atoms with E-state index in [0.29, 0.717) is 0 Å². The zero-order valence-electron chi connectivity index (χ0n) is 6.53. The second kappa shape index (κ2) is 3.54. The first-order chi connectivity index (χ1) is 5.61. The average molecular weight is 186 g/mol. The molecule has 0 aromatic heterocycles. The van der Waals surface area contributed by atoms with Crippen molar-refractivity contribution in [2.75, 3.05) is 0 Å². The molecule has 64 valence electrons. The largest absolute Gasteiger partial charge is 0.269 e. The van der Waals surface area contributed by atoms with Crippen molar-refractivity contribution in [2.45, 2.75) is 12.3 Å². The third-order valence-corrected chi connectivity index (χ3v) is 1.82. The molecule has 1 aromatic carbocycles. The first-order valence-electron chi connectivity index (χ1n) is 3.49. The van der Waals surface area contributed by atoms with Crippen LogP contribution in [-0.2, 0) is 0 Å². The van der Waals surface area contributed by atoms with Crippen LogP contribution >= 0.6 is 11.6 Å². The van der Waals surface area contributed by atoms with Gasteiger partial charge in [-0.3, -0.25) is 10.1 Å². The van der Waals surface area contributed by atoms with Gasteiger partial charge in [0.1, 0.15) is 0 Å². The molecule has 0 radical (unpaired) electrons. The van der Waals surface area contributed by atoms with Gasteiger partial charge in [0, 0.05) is 12.1 Å². The van der Waals surface area contributed by atoms with Gasteiger partial charge in [-0.25, -0.2) is 0 Å². The van der Waals surface area contributed by atoms with Crippen molar-refractivity contribution in [1.82, 2.24) is 0 Å². The van der Waals surface area contributed by atoms with Crippen LogP contribution in [0.25, 0.3) is 0 Å². The summed E-state index contributed by atoms with van der Waals surface area (Å²) < 4.78 is 0. The fourth-order valence-electron chi connectivity index (χ4n) is 0.861. The van der Waals surface area contributed by atoms with Crippen molar-refractivity contribution >= 4 is 17.3 Å². The Hall–Kier alpha value is -1.09. The van der Waals surface area contributed by atoms with E-state index in [2.05, 4.69) is 0 Å². The molecule has 0 aliphatic rings. The highest BCUT2D eigenvalue weighted by molar-refractivity contribution is 6.20. The van der Waals surface area contributed by atoms with Crippen molar-refractivity contribution in [3.8, 4) is 0 Å². The molecule has 0 spiro atoms. The van der Waals surface area contributed by atoms with Gasteiger partial charge in [-0.05, 0) is 12.5 Å². The van der Waals surface area contributed by atoms with Crippen LogP contribution in [0.1, 0.15) is 17.9 Å². The summed E-state index contributed by atoms with van der Waals surface area (Å²) in [5.74, 6) is 0. The van der Waals surface area contributed by atoms with Gasteiger partial charge in [-0.15, -0.1) is 11.6 Å². The molecule has 0 heterocycles. The zero-order valence-corrected chi connectivity index (χ0v) is 7.28. The molecular formula is C8H8ClNO2. The van der Waals surface area contributed by atoms with Gasteiger partial charge in [0.05, 0.1) is 10.3 Å². The maximum absolute atomic E-state index is 10.3. The second-order valence-electron chi connectivity index (χ2n) is 2.46. The number of nitrogens with zero attached hydrogens (tertiary/aromatic N) is 1. The number of alkyl halides is 1. The van der Waals surface area contributed by atoms with Crippen molar-refractivity contribution in [2.24, 2.45) is 0 Å². The van der Waals surface area contributed by atoms with Crippen molar-refractivity contribution in [1.29, 1.82) is 0 Å². The van der Waals surface area contributed by atoms with Gasteiger partial charge in [-0.1, -0.05) is 12.1 Å². The lowest BCUT2D eigenvalue weighted by Gasteiger charge is -2.00. The zero-order chi connectivity index (χ0) is 9.14. The average Bonchev–Trinajstić information content (AvgIpc) is 2.04. The second-order valence-corrected chi connectivity index (χ2v) is 3.12. The van der Waals surface area contributed by atoms with Crippen LogP contribution in [0.5, 0.6) is 0 Å². The summed E-state index contributed by atoms with van der Waals surface area (Å²) in [6.07, 6.45) is 0.